The van der Waals surface area contributed by atoms with Gasteiger partial charge < -0.3 is 9.47 Å². The standard InChI is InChI=1S/C11H10BrNO2/c1-7-8(2-3-13)6-9(12)11-10(7)14-4-5-15-11/h6H,2,4-5H2,1H3. The van der Waals surface area contributed by atoms with Crippen LogP contribution in [0.1, 0.15) is 11.1 Å². The van der Waals surface area contributed by atoms with Gasteiger partial charge in [-0.3, -0.25) is 0 Å². The van der Waals surface area contributed by atoms with Crippen LogP contribution in [0.15, 0.2) is 10.5 Å². The van der Waals surface area contributed by atoms with Gasteiger partial charge in [0.05, 0.1) is 17.0 Å². The minimum Gasteiger partial charge on any atom is -0.486 e. The molecule has 2 rings (SSSR count). The molecule has 0 amide bonds. The molecule has 1 aliphatic heterocycles. The monoisotopic (exact) mass is 267 g/mol. The highest BCUT2D eigenvalue weighted by molar-refractivity contribution is 9.10. The summed E-state index contributed by atoms with van der Waals surface area (Å²) in [5.41, 5.74) is 1.98. The Morgan fingerprint density at radius 1 is 1.40 bits per heavy atom. The normalized spacial score (nSPS) is 13.4. The summed E-state index contributed by atoms with van der Waals surface area (Å²) in [6.07, 6.45) is 0.390. The molecule has 0 aliphatic carbocycles. The Hall–Kier alpha value is -1.21. The van der Waals surface area contributed by atoms with Crippen molar-refractivity contribution in [2.75, 3.05) is 13.2 Å². The average molecular weight is 268 g/mol. The summed E-state index contributed by atoms with van der Waals surface area (Å²) in [6.45, 7) is 3.09. The van der Waals surface area contributed by atoms with E-state index >= 15 is 0 Å². The van der Waals surface area contributed by atoms with E-state index in [0.29, 0.717) is 19.6 Å². The molecule has 1 aromatic carbocycles. The Balaban J connectivity index is 2.55. The second kappa shape index (κ2) is 4.11. The second-order valence-electron chi connectivity index (χ2n) is 3.33. The van der Waals surface area contributed by atoms with Crippen molar-refractivity contribution in [1.82, 2.24) is 0 Å². The van der Waals surface area contributed by atoms with Gasteiger partial charge in [-0.25, -0.2) is 0 Å². The van der Waals surface area contributed by atoms with Gasteiger partial charge in [0.1, 0.15) is 13.2 Å². The van der Waals surface area contributed by atoms with E-state index in [0.717, 1.165) is 27.1 Å². The lowest BCUT2D eigenvalue weighted by Crippen LogP contribution is -2.17. The van der Waals surface area contributed by atoms with E-state index in [1.807, 2.05) is 13.0 Å². The Bertz CT molecular complexity index is 437. The average Bonchev–Trinajstić information content (AvgIpc) is 2.26. The van der Waals surface area contributed by atoms with Crippen LogP contribution >= 0.6 is 15.9 Å². The maximum absolute atomic E-state index is 8.70. The van der Waals surface area contributed by atoms with Crippen molar-refractivity contribution in [3.05, 3.63) is 21.7 Å². The first-order chi connectivity index (χ1) is 7.24. The highest BCUT2D eigenvalue weighted by Gasteiger charge is 2.19. The number of ether oxygens (including phenoxy) is 2. The minimum atomic E-state index is 0.390. The van der Waals surface area contributed by atoms with Crippen LogP contribution in [0.25, 0.3) is 0 Å². The molecule has 4 heteroatoms. The Morgan fingerprint density at radius 2 is 2.07 bits per heavy atom. The van der Waals surface area contributed by atoms with Gasteiger partial charge in [0.2, 0.25) is 0 Å². The van der Waals surface area contributed by atoms with Crippen molar-refractivity contribution in [3.8, 4) is 17.6 Å². The molecule has 0 N–H and O–H groups in total. The number of rotatable bonds is 1. The molecule has 0 fully saturated rings. The Labute approximate surface area is 96.7 Å². The third-order valence-electron chi connectivity index (χ3n) is 2.39. The molecular weight excluding hydrogens is 258 g/mol. The fourth-order valence-corrected chi connectivity index (χ4v) is 2.19. The quantitative estimate of drug-likeness (QED) is 0.786. The van der Waals surface area contributed by atoms with Gasteiger partial charge in [0.25, 0.3) is 0 Å². The molecule has 0 saturated carbocycles. The fraction of sp³-hybridized carbons (Fsp3) is 0.364. The molecule has 0 atom stereocenters. The number of nitrogens with zero attached hydrogens (tertiary/aromatic N) is 1. The summed E-state index contributed by atoms with van der Waals surface area (Å²) in [7, 11) is 0. The van der Waals surface area contributed by atoms with Gasteiger partial charge in [-0.1, -0.05) is 0 Å². The van der Waals surface area contributed by atoms with Crippen molar-refractivity contribution in [3.63, 3.8) is 0 Å². The predicted molar refractivity (Wildman–Crippen MR) is 59.2 cm³/mol. The first-order valence-electron chi connectivity index (χ1n) is 4.68. The van der Waals surface area contributed by atoms with Gasteiger partial charge >= 0.3 is 0 Å². The molecule has 0 spiro atoms. The number of fused-ring (bicyclic) bond motifs is 1. The van der Waals surface area contributed by atoms with Crippen LogP contribution in [0.4, 0.5) is 0 Å². The van der Waals surface area contributed by atoms with Crippen molar-refractivity contribution in [2.24, 2.45) is 0 Å². The molecule has 0 radical (unpaired) electrons. The SMILES string of the molecule is Cc1c(CC#N)cc(Br)c2c1OCCO2. The van der Waals surface area contributed by atoms with Crippen molar-refractivity contribution < 1.29 is 9.47 Å². The molecule has 0 bridgehead atoms. The maximum Gasteiger partial charge on any atom is 0.175 e. The molecule has 78 valence electrons. The minimum absolute atomic E-state index is 0.390. The van der Waals surface area contributed by atoms with E-state index in [4.69, 9.17) is 14.7 Å². The van der Waals surface area contributed by atoms with E-state index < -0.39 is 0 Å². The van der Waals surface area contributed by atoms with E-state index in [-0.39, 0.29) is 0 Å². The summed E-state index contributed by atoms with van der Waals surface area (Å²) >= 11 is 3.42. The predicted octanol–water partition coefficient (Wildman–Crippen LogP) is 2.59. The first-order valence-corrected chi connectivity index (χ1v) is 5.48. The number of benzene rings is 1. The van der Waals surface area contributed by atoms with Crippen LogP contribution in [0.3, 0.4) is 0 Å². The summed E-state index contributed by atoms with van der Waals surface area (Å²) in [6, 6.07) is 4.06. The summed E-state index contributed by atoms with van der Waals surface area (Å²) < 4.78 is 11.9. The van der Waals surface area contributed by atoms with Crippen molar-refractivity contribution in [2.45, 2.75) is 13.3 Å². The summed E-state index contributed by atoms with van der Waals surface area (Å²) in [5.74, 6) is 1.52. The fourth-order valence-electron chi connectivity index (χ4n) is 1.62. The van der Waals surface area contributed by atoms with Crippen molar-refractivity contribution >= 4 is 15.9 Å². The van der Waals surface area contributed by atoms with Gasteiger partial charge in [0, 0.05) is 0 Å². The van der Waals surface area contributed by atoms with E-state index in [9.17, 15) is 0 Å². The molecule has 3 nitrogen and oxygen atoms in total. The summed E-state index contributed by atoms with van der Waals surface area (Å²) in [4.78, 5) is 0. The first kappa shape index (κ1) is 10.3. The van der Waals surface area contributed by atoms with Crippen molar-refractivity contribution in [1.29, 1.82) is 5.26 Å². The molecule has 1 aliphatic rings. The smallest absolute Gasteiger partial charge is 0.175 e. The third kappa shape index (κ3) is 1.80. The number of halogens is 1. The topological polar surface area (TPSA) is 42.2 Å². The molecule has 1 heterocycles. The van der Waals surface area contributed by atoms with Crippen LogP contribution in [0.5, 0.6) is 11.5 Å². The molecular formula is C11H10BrNO2. The van der Waals surface area contributed by atoms with Gasteiger partial charge in [-0.2, -0.15) is 5.26 Å². The lowest BCUT2D eigenvalue weighted by Gasteiger charge is -2.22. The van der Waals surface area contributed by atoms with Crippen LogP contribution in [0, 0.1) is 18.3 Å². The van der Waals surface area contributed by atoms with Crippen LogP contribution < -0.4 is 9.47 Å². The van der Waals surface area contributed by atoms with Crippen LogP contribution in [-0.2, 0) is 6.42 Å². The molecule has 0 saturated heterocycles. The molecule has 15 heavy (non-hydrogen) atoms. The zero-order chi connectivity index (χ0) is 10.8. The lowest BCUT2D eigenvalue weighted by atomic mass is 10.0. The van der Waals surface area contributed by atoms with Crippen LogP contribution in [0.2, 0.25) is 0 Å². The molecule has 0 aromatic heterocycles. The maximum atomic E-state index is 8.70. The van der Waals surface area contributed by atoms with E-state index in [2.05, 4.69) is 22.0 Å². The third-order valence-corrected chi connectivity index (χ3v) is 2.98. The lowest BCUT2D eigenvalue weighted by molar-refractivity contribution is 0.169. The van der Waals surface area contributed by atoms with Crippen LogP contribution in [-0.4, -0.2) is 13.2 Å². The van der Waals surface area contributed by atoms with Gasteiger partial charge in [0.15, 0.2) is 11.5 Å². The largest absolute Gasteiger partial charge is 0.486 e. The second-order valence-corrected chi connectivity index (χ2v) is 4.19. The zero-order valence-electron chi connectivity index (χ0n) is 8.34. The van der Waals surface area contributed by atoms with E-state index in [1.54, 1.807) is 0 Å². The van der Waals surface area contributed by atoms with E-state index in [1.165, 1.54) is 0 Å². The highest BCUT2D eigenvalue weighted by Crippen LogP contribution is 2.41. The van der Waals surface area contributed by atoms with Gasteiger partial charge in [-0.05, 0) is 40.0 Å². The Kier molecular flexibility index (Phi) is 2.83. The number of hydrogen-bond donors (Lipinski definition) is 0. The zero-order valence-corrected chi connectivity index (χ0v) is 9.93. The van der Waals surface area contributed by atoms with Gasteiger partial charge in [-0.15, -0.1) is 0 Å². The summed E-state index contributed by atoms with van der Waals surface area (Å²) in [5, 5.41) is 8.70. The molecule has 0 unspecified atom stereocenters. The number of nitriles is 1. The number of hydrogen-bond acceptors (Lipinski definition) is 3. The highest BCUT2D eigenvalue weighted by atomic mass is 79.9. The molecule has 1 aromatic rings. The Morgan fingerprint density at radius 3 is 2.73 bits per heavy atom.